The Balaban J connectivity index is 0.00000161. The Hall–Kier alpha value is -0.754. The summed E-state index contributed by atoms with van der Waals surface area (Å²) in [5.41, 5.74) is 4.25. The molecule has 1 radical (unpaired) electrons. The predicted molar refractivity (Wildman–Crippen MR) is 85.8 cm³/mol. The summed E-state index contributed by atoms with van der Waals surface area (Å²) in [6.45, 7) is 0.00555. The van der Waals surface area contributed by atoms with E-state index in [1.165, 1.54) is 11.1 Å². The van der Waals surface area contributed by atoms with Crippen molar-refractivity contribution in [2.45, 2.75) is 6.61 Å². The summed E-state index contributed by atoms with van der Waals surface area (Å²) in [6, 6.07) is 18.6. The van der Waals surface area contributed by atoms with Crippen LogP contribution in [0.15, 0.2) is 60.8 Å². The Kier molecular flexibility index (Phi) is 5.93. The van der Waals surface area contributed by atoms with Crippen molar-refractivity contribution in [3.8, 4) is 22.5 Å². The summed E-state index contributed by atoms with van der Waals surface area (Å²) >= 11 is 0. The van der Waals surface area contributed by atoms with Gasteiger partial charge in [0.05, 0.1) is 18.5 Å². The average molecular weight is 303 g/mol. The molecule has 4 heteroatoms. The second kappa shape index (κ2) is 7.49. The number of aliphatic hydroxyl groups excluding tert-OH is 1. The van der Waals surface area contributed by atoms with Gasteiger partial charge in [0.15, 0.2) is 0 Å². The van der Waals surface area contributed by atoms with Gasteiger partial charge in [-0.25, -0.2) is 4.98 Å². The molecule has 1 N–H and O–H groups in total. The van der Waals surface area contributed by atoms with Crippen molar-refractivity contribution >= 4 is 51.4 Å². The molecule has 0 saturated carbocycles. The third kappa shape index (κ3) is 3.53. The predicted octanol–water partition coefficient (Wildman–Crippen LogP) is 2.87. The van der Waals surface area contributed by atoms with Gasteiger partial charge in [0.2, 0.25) is 0 Å². The number of hydrogen-bond donors (Lipinski definition) is 1. The third-order valence-electron chi connectivity index (χ3n) is 3.50. The van der Waals surface area contributed by atoms with Gasteiger partial charge in [0, 0.05) is 64.0 Å². The van der Waals surface area contributed by atoms with Crippen LogP contribution < -0.4 is 0 Å². The molecule has 0 unspecified atom stereocenters. The van der Waals surface area contributed by atoms with E-state index in [1.54, 1.807) is 6.20 Å². The molecule has 3 rings (SSSR count). The molecule has 0 bridgehead atoms. The number of imidazole rings is 1. The Morgan fingerprint density at radius 3 is 2.05 bits per heavy atom. The molecule has 0 aliphatic heterocycles. The first-order chi connectivity index (χ1) is 9.79. The molecule has 0 atom stereocenters. The van der Waals surface area contributed by atoms with E-state index in [9.17, 15) is 5.11 Å². The van der Waals surface area contributed by atoms with Crippen molar-refractivity contribution in [2.75, 3.05) is 0 Å². The molecule has 0 aliphatic rings. The van der Waals surface area contributed by atoms with Gasteiger partial charge >= 0.3 is 0 Å². The molecule has 3 nitrogen and oxygen atoms in total. The fraction of sp³-hybridized carbons (Fsp3) is 0.118. The second-order valence-electron chi connectivity index (χ2n) is 4.73. The number of nitrogens with zero attached hydrogens (tertiary/aromatic N) is 2. The minimum absolute atomic E-state index is 0. The minimum atomic E-state index is 0. The molecule has 1 heterocycles. The summed E-state index contributed by atoms with van der Waals surface area (Å²) < 4.78 is 1.91. The van der Waals surface area contributed by atoms with E-state index in [-0.39, 0.29) is 58.0 Å². The topological polar surface area (TPSA) is 38.0 Å². The maximum absolute atomic E-state index is 9.21. The van der Waals surface area contributed by atoms with Crippen LogP contribution in [0.25, 0.3) is 22.5 Å². The summed E-state index contributed by atoms with van der Waals surface area (Å²) in [4.78, 5) is 4.36. The Labute approximate surface area is 167 Å². The Morgan fingerprint density at radius 2 is 1.48 bits per heavy atom. The number of benzene rings is 2. The van der Waals surface area contributed by atoms with Crippen LogP contribution >= 0.6 is 0 Å². The second-order valence-corrected chi connectivity index (χ2v) is 4.73. The van der Waals surface area contributed by atoms with Gasteiger partial charge in [-0.15, -0.1) is 0 Å². The number of rotatable bonds is 3. The minimum Gasteiger partial charge on any atom is -0.390 e. The smallest absolute Gasteiger partial charge is 0.139 e. The van der Waals surface area contributed by atoms with E-state index >= 15 is 0 Å². The largest absolute Gasteiger partial charge is 0.390 e. The van der Waals surface area contributed by atoms with Gasteiger partial charge < -0.3 is 9.67 Å². The van der Waals surface area contributed by atoms with E-state index in [2.05, 4.69) is 41.4 Å². The first-order valence-corrected chi connectivity index (χ1v) is 6.57. The summed E-state index contributed by atoms with van der Waals surface area (Å²) in [6.07, 6.45) is 1.71. The first-order valence-electron chi connectivity index (χ1n) is 6.57. The van der Waals surface area contributed by atoms with E-state index < -0.39 is 0 Å². The van der Waals surface area contributed by atoms with Crippen LogP contribution in [-0.2, 0) is 13.7 Å². The SMILES string of the molecule is Cn1c(CO)cnc1-c1ccc(-c2ccccc2)cc1.[K]. The van der Waals surface area contributed by atoms with E-state index in [0.29, 0.717) is 0 Å². The molecule has 21 heavy (non-hydrogen) atoms. The molecule has 0 fully saturated rings. The van der Waals surface area contributed by atoms with E-state index in [0.717, 1.165) is 17.1 Å². The van der Waals surface area contributed by atoms with Gasteiger partial charge in [-0.1, -0.05) is 54.6 Å². The van der Waals surface area contributed by atoms with E-state index in [1.807, 2.05) is 29.8 Å². The fourth-order valence-corrected chi connectivity index (χ4v) is 2.30. The molecule has 0 amide bonds. The zero-order chi connectivity index (χ0) is 13.9. The van der Waals surface area contributed by atoms with Crippen LogP contribution in [0.5, 0.6) is 0 Å². The summed E-state index contributed by atoms with van der Waals surface area (Å²) in [7, 11) is 1.92. The van der Waals surface area contributed by atoms with Gasteiger partial charge in [-0.05, 0) is 11.1 Å². The fourth-order valence-electron chi connectivity index (χ4n) is 2.30. The first kappa shape index (κ1) is 16.6. The van der Waals surface area contributed by atoms with Crippen LogP contribution in [-0.4, -0.2) is 66.0 Å². The number of aliphatic hydroxyl groups is 1. The molecule has 1 aromatic heterocycles. The quantitative estimate of drug-likeness (QED) is 0.756. The standard InChI is InChI=1S/C17H16N2O.K/c1-19-16(12-20)11-18-17(19)15-9-7-14(8-10-15)13-5-3-2-4-6-13;/h2-11,20H,12H2,1H3;. The van der Waals surface area contributed by atoms with Crippen molar-refractivity contribution in [3.05, 3.63) is 66.5 Å². The molecule has 2 aromatic carbocycles. The zero-order valence-corrected chi connectivity index (χ0v) is 15.4. The third-order valence-corrected chi connectivity index (χ3v) is 3.50. The molecular weight excluding hydrogens is 287 g/mol. The Morgan fingerprint density at radius 1 is 0.905 bits per heavy atom. The molecule has 101 valence electrons. The summed E-state index contributed by atoms with van der Waals surface area (Å²) in [5, 5.41) is 9.21. The van der Waals surface area contributed by atoms with Crippen LogP contribution in [0.1, 0.15) is 5.69 Å². The van der Waals surface area contributed by atoms with Gasteiger partial charge in [-0.3, -0.25) is 0 Å². The molecule has 0 saturated heterocycles. The average Bonchev–Trinajstić information content (AvgIpc) is 2.89. The van der Waals surface area contributed by atoms with Gasteiger partial charge in [0.1, 0.15) is 5.82 Å². The molecule has 3 aromatic rings. The number of hydrogen-bond acceptors (Lipinski definition) is 2. The van der Waals surface area contributed by atoms with Crippen molar-refractivity contribution in [1.29, 1.82) is 0 Å². The number of aromatic nitrogens is 2. The van der Waals surface area contributed by atoms with Crippen molar-refractivity contribution in [3.63, 3.8) is 0 Å². The van der Waals surface area contributed by atoms with Gasteiger partial charge in [0.25, 0.3) is 0 Å². The van der Waals surface area contributed by atoms with Crippen molar-refractivity contribution in [1.82, 2.24) is 9.55 Å². The molecular formula is C17H16KN2O. The van der Waals surface area contributed by atoms with Crippen LogP contribution in [0, 0.1) is 0 Å². The zero-order valence-electron chi connectivity index (χ0n) is 12.3. The van der Waals surface area contributed by atoms with Crippen LogP contribution in [0.3, 0.4) is 0 Å². The normalized spacial score (nSPS) is 10.2. The van der Waals surface area contributed by atoms with Crippen molar-refractivity contribution in [2.24, 2.45) is 7.05 Å². The van der Waals surface area contributed by atoms with Crippen LogP contribution in [0.4, 0.5) is 0 Å². The summed E-state index contributed by atoms with van der Waals surface area (Å²) in [5.74, 6) is 0.869. The Bertz CT molecular complexity index is 705. The van der Waals surface area contributed by atoms with E-state index in [4.69, 9.17) is 0 Å². The van der Waals surface area contributed by atoms with Crippen molar-refractivity contribution < 1.29 is 5.11 Å². The molecule has 0 aliphatic carbocycles. The molecule has 0 spiro atoms. The maximum atomic E-state index is 9.21. The maximum Gasteiger partial charge on any atom is 0.139 e. The van der Waals surface area contributed by atoms with Gasteiger partial charge in [-0.2, -0.15) is 0 Å². The monoisotopic (exact) mass is 303 g/mol. The van der Waals surface area contributed by atoms with Crippen LogP contribution in [0.2, 0.25) is 0 Å².